The molecule has 0 bridgehead atoms. The third-order valence-electron chi connectivity index (χ3n) is 3.39. The first-order valence-electron chi connectivity index (χ1n) is 6.42. The zero-order valence-corrected chi connectivity index (χ0v) is 10.6. The highest BCUT2D eigenvalue weighted by molar-refractivity contribution is 5.67. The smallest absolute Gasteiger partial charge is 0.303 e. The van der Waals surface area contributed by atoms with E-state index in [-0.39, 0.29) is 11.8 Å². The molecule has 0 radical (unpaired) electrons. The van der Waals surface area contributed by atoms with Gasteiger partial charge in [-0.1, -0.05) is 33.1 Å². The van der Waals surface area contributed by atoms with Crippen molar-refractivity contribution in [2.24, 2.45) is 11.3 Å². The van der Waals surface area contributed by atoms with Crippen LogP contribution in [0, 0.1) is 11.3 Å². The van der Waals surface area contributed by atoms with E-state index in [0.717, 1.165) is 19.0 Å². The first-order valence-corrected chi connectivity index (χ1v) is 6.42. The Morgan fingerprint density at radius 1 is 1.31 bits per heavy atom. The van der Waals surface area contributed by atoms with E-state index in [9.17, 15) is 4.79 Å². The van der Waals surface area contributed by atoms with Crippen LogP contribution in [-0.2, 0) is 4.79 Å². The van der Waals surface area contributed by atoms with E-state index in [1.807, 2.05) is 13.8 Å². The summed E-state index contributed by atoms with van der Waals surface area (Å²) in [5.41, 5.74) is -0.138. The summed E-state index contributed by atoms with van der Waals surface area (Å²) >= 11 is 0. The molecule has 0 spiro atoms. The number of hydrogen-bond donors (Lipinski definition) is 2. The fraction of sp³-hybridized carbons (Fsp3) is 0.923. The van der Waals surface area contributed by atoms with Gasteiger partial charge < -0.3 is 10.4 Å². The van der Waals surface area contributed by atoms with Crippen molar-refractivity contribution in [3.05, 3.63) is 0 Å². The predicted octanol–water partition coefficient (Wildman–Crippen LogP) is 2.66. The highest BCUT2D eigenvalue weighted by Gasteiger charge is 2.22. The lowest BCUT2D eigenvalue weighted by molar-refractivity contribution is -0.139. The molecule has 0 aromatic carbocycles. The second-order valence-corrected chi connectivity index (χ2v) is 5.87. The van der Waals surface area contributed by atoms with Gasteiger partial charge in [0.25, 0.3) is 0 Å². The number of aliphatic carboxylic acids is 1. The molecule has 0 aliphatic heterocycles. The van der Waals surface area contributed by atoms with Gasteiger partial charge in [0.2, 0.25) is 0 Å². The van der Waals surface area contributed by atoms with Gasteiger partial charge in [0.15, 0.2) is 0 Å². The molecule has 0 amide bonds. The van der Waals surface area contributed by atoms with Gasteiger partial charge in [0.05, 0.1) is 6.42 Å². The van der Waals surface area contributed by atoms with Gasteiger partial charge in [-0.05, 0) is 30.7 Å². The van der Waals surface area contributed by atoms with E-state index in [4.69, 9.17) is 5.11 Å². The molecule has 1 rings (SSSR count). The van der Waals surface area contributed by atoms with Crippen LogP contribution in [0.25, 0.3) is 0 Å². The Hall–Kier alpha value is -0.570. The minimum atomic E-state index is -0.704. The summed E-state index contributed by atoms with van der Waals surface area (Å²) in [6.45, 7) is 5.88. The average Bonchev–Trinajstić information content (AvgIpc) is 2.16. The van der Waals surface area contributed by atoms with Crippen LogP contribution in [0.1, 0.15) is 52.4 Å². The maximum absolute atomic E-state index is 10.7. The van der Waals surface area contributed by atoms with E-state index < -0.39 is 5.97 Å². The minimum Gasteiger partial charge on any atom is -0.481 e. The summed E-state index contributed by atoms with van der Waals surface area (Å²) in [6.07, 6.45) is 7.04. The number of rotatable bonds is 6. The largest absolute Gasteiger partial charge is 0.481 e. The van der Waals surface area contributed by atoms with Crippen molar-refractivity contribution >= 4 is 5.97 Å². The van der Waals surface area contributed by atoms with Gasteiger partial charge in [0, 0.05) is 6.54 Å². The third-order valence-corrected chi connectivity index (χ3v) is 3.39. The van der Waals surface area contributed by atoms with Crippen LogP contribution >= 0.6 is 0 Å². The molecular formula is C13H25NO2. The predicted molar refractivity (Wildman–Crippen MR) is 65.5 cm³/mol. The van der Waals surface area contributed by atoms with E-state index in [0.29, 0.717) is 0 Å². The van der Waals surface area contributed by atoms with Crippen molar-refractivity contribution in [3.63, 3.8) is 0 Å². The summed E-state index contributed by atoms with van der Waals surface area (Å²) in [7, 11) is 0. The Morgan fingerprint density at radius 3 is 2.50 bits per heavy atom. The van der Waals surface area contributed by atoms with Gasteiger partial charge in [0.1, 0.15) is 0 Å². The zero-order chi connectivity index (χ0) is 12.0. The van der Waals surface area contributed by atoms with E-state index in [1.165, 1.54) is 32.1 Å². The van der Waals surface area contributed by atoms with Gasteiger partial charge in [-0.3, -0.25) is 4.79 Å². The van der Waals surface area contributed by atoms with Crippen LogP contribution in [-0.4, -0.2) is 24.2 Å². The first kappa shape index (κ1) is 13.5. The topological polar surface area (TPSA) is 49.3 Å². The van der Waals surface area contributed by atoms with Crippen molar-refractivity contribution < 1.29 is 9.90 Å². The number of carboxylic acids is 1. The van der Waals surface area contributed by atoms with Gasteiger partial charge in [-0.25, -0.2) is 0 Å². The number of carboxylic acid groups (broad SMARTS) is 1. The molecule has 1 saturated carbocycles. The van der Waals surface area contributed by atoms with E-state index in [1.54, 1.807) is 0 Å². The molecule has 1 fully saturated rings. The maximum atomic E-state index is 10.7. The monoisotopic (exact) mass is 227 g/mol. The second kappa shape index (κ2) is 6.24. The van der Waals surface area contributed by atoms with Crippen LogP contribution < -0.4 is 5.32 Å². The second-order valence-electron chi connectivity index (χ2n) is 5.87. The molecular weight excluding hydrogens is 202 g/mol. The molecule has 0 heterocycles. The lowest BCUT2D eigenvalue weighted by Gasteiger charge is -2.26. The van der Waals surface area contributed by atoms with Crippen LogP contribution in [0.5, 0.6) is 0 Å². The summed E-state index contributed by atoms with van der Waals surface area (Å²) in [4.78, 5) is 10.7. The number of nitrogens with one attached hydrogen (secondary N) is 1. The highest BCUT2D eigenvalue weighted by Crippen LogP contribution is 2.23. The van der Waals surface area contributed by atoms with Crippen LogP contribution in [0.3, 0.4) is 0 Å². The Balaban J connectivity index is 2.15. The molecule has 1 aliphatic rings. The van der Waals surface area contributed by atoms with Gasteiger partial charge >= 0.3 is 5.97 Å². The molecule has 94 valence electrons. The third kappa shape index (κ3) is 5.50. The molecule has 0 aromatic rings. The van der Waals surface area contributed by atoms with E-state index >= 15 is 0 Å². The van der Waals surface area contributed by atoms with Gasteiger partial charge in [-0.2, -0.15) is 0 Å². The molecule has 0 unspecified atom stereocenters. The summed E-state index contributed by atoms with van der Waals surface area (Å²) < 4.78 is 0. The van der Waals surface area contributed by atoms with Crippen molar-refractivity contribution in [1.82, 2.24) is 5.32 Å². The Labute approximate surface area is 98.6 Å². The summed E-state index contributed by atoms with van der Waals surface area (Å²) in [5, 5.41) is 12.2. The molecule has 0 saturated heterocycles. The molecule has 0 aromatic heterocycles. The van der Waals surface area contributed by atoms with Crippen LogP contribution in [0.2, 0.25) is 0 Å². The standard InChI is InChI=1S/C13H25NO2/c1-13(2,8-12(15)16)10-14-9-11-6-4-3-5-7-11/h11,14H,3-10H2,1-2H3,(H,15,16). The summed E-state index contributed by atoms with van der Waals surface area (Å²) in [6, 6.07) is 0. The first-order chi connectivity index (χ1) is 7.49. The normalized spacial score (nSPS) is 18.6. The Kier molecular flexibility index (Phi) is 5.26. The Morgan fingerprint density at radius 2 is 1.94 bits per heavy atom. The summed E-state index contributed by atoms with van der Waals surface area (Å²) in [5.74, 6) is 0.110. The molecule has 16 heavy (non-hydrogen) atoms. The van der Waals surface area contributed by atoms with Crippen molar-refractivity contribution in [2.75, 3.05) is 13.1 Å². The SMILES string of the molecule is CC(C)(CNCC1CCCCC1)CC(=O)O. The van der Waals surface area contributed by atoms with Crippen molar-refractivity contribution in [1.29, 1.82) is 0 Å². The molecule has 0 atom stereocenters. The quantitative estimate of drug-likeness (QED) is 0.733. The maximum Gasteiger partial charge on any atom is 0.303 e. The lowest BCUT2D eigenvalue weighted by atomic mass is 9.87. The van der Waals surface area contributed by atoms with Crippen LogP contribution in [0.4, 0.5) is 0 Å². The average molecular weight is 227 g/mol. The van der Waals surface area contributed by atoms with Gasteiger partial charge in [-0.15, -0.1) is 0 Å². The van der Waals surface area contributed by atoms with Crippen molar-refractivity contribution in [2.45, 2.75) is 52.4 Å². The Bertz CT molecular complexity index is 220. The van der Waals surface area contributed by atoms with E-state index in [2.05, 4.69) is 5.32 Å². The molecule has 3 heteroatoms. The zero-order valence-electron chi connectivity index (χ0n) is 10.6. The number of carbonyl (C=O) groups is 1. The van der Waals surface area contributed by atoms with Crippen molar-refractivity contribution in [3.8, 4) is 0 Å². The molecule has 3 nitrogen and oxygen atoms in total. The molecule has 1 aliphatic carbocycles. The fourth-order valence-electron chi connectivity index (χ4n) is 2.48. The van der Waals surface area contributed by atoms with Crippen LogP contribution in [0.15, 0.2) is 0 Å². The fourth-order valence-corrected chi connectivity index (χ4v) is 2.48. The highest BCUT2D eigenvalue weighted by atomic mass is 16.4. The minimum absolute atomic E-state index is 0.138. The number of hydrogen-bond acceptors (Lipinski definition) is 2. The lowest BCUT2D eigenvalue weighted by Crippen LogP contribution is -2.34. The molecule has 2 N–H and O–H groups in total.